The second kappa shape index (κ2) is 5.61. The van der Waals surface area contributed by atoms with Crippen LogP contribution in [0.4, 0.5) is 0 Å². The quantitative estimate of drug-likeness (QED) is 0.920. The fourth-order valence-corrected chi connectivity index (χ4v) is 4.19. The smallest absolute Gasteiger partial charge is 0.0465 e. The van der Waals surface area contributed by atoms with Gasteiger partial charge in [-0.2, -0.15) is 0 Å². The van der Waals surface area contributed by atoms with E-state index in [2.05, 4.69) is 23.2 Å². The summed E-state index contributed by atoms with van der Waals surface area (Å²) in [6, 6.07) is 6.52. The Labute approximate surface area is 125 Å². The van der Waals surface area contributed by atoms with Gasteiger partial charge in [-0.1, -0.05) is 36.2 Å². The second-order valence-electron chi connectivity index (χ2n) is 5.72. The normalized spacial score (nSPS) is 30.8. The third-order valence-electron chi connectivity index (χ3n) is 4.63. The van der Waals surface area contributed by atoms with Crippen molar-refractivity contribution >= 4 is 23.2 Å². The fourth-order valence-electron chi connectivity index (χ4n) is 3.72. The first kappa shape index (κ1) is 13.7. The van der Waals surface area contributed by atoms with Gasteiger partial charge >= 0.3 is 0 Å². The molecule has 2 nitrogen and oxygen atoms in total. The van der Waals surface area contributed by atoms with Crippen LogP contribution in [-0.4, -0.2) is 30.6 Å². The number of hydrogen-bond acceptors (Lipinski definition) is 2. The van der Waals surface area contributed by atoms with Crippen molar-refractivity contribution in [1.29, 1.82) is 0 Å². The lowest BCUT2D eigenvalue weighted by atomic mass is 9.93. The summed E-state index contributed by atoms with van der Waals surface area (Å²) in [5.74, 6) is 1.63. The monoisotopic (exact) mass is 298 g/mol. The topological polar surface area (TPSA) is 15.3 Å². The molecule has 0 radical (unpaired) electrons. The van der Waals surface area contributed by atoms with Crippen LogP contribution < -0.4 is 5.32 Å². The molecule has 2 aliphatic rings. The van der Waals surface area contributed by atoms with Crippen LogP contribution in [0.2, 0.25) is 10.0 Å². The molecule has 2 fully saturated rings. The summed E-state index contributed by atoms with van der Waals surface area (Å²) in [7, 11) is 0. The number of hydrogen-bond donors (Lipinski definition) is 1. The first-order valence-corrected chi connectivity index (χ1v) is 7.83. The zero-order valence-corrected chi connectivity index (χ0v) is 12.7. The van der Waals surface area contributed by atoms with Crippen molar-refractivity contribution in [2.45, 2.75) is 25.9 Å². The standard InChI is InChI=1S/C15H20Cl2N2/c1-2-15-13-7-18-6-11(13)9-19(15)8-10-3-4-12(16)5-14(10)17/h3-5,11,13,15,18H,2,6-9H2,1H3. The van der Waals surface area contributed by atoms with E-state index in [4.69, 9.17) is 23.2 Å². The number of likely N-dealkylation sites (tertiary alicyclic amines) is 1. The van der Waals surface area contributed by atoms with Crippen LogP contribution in [0.1, 0.15) is 18.9 Å². The highest BCUT2D eigenvalue weighted by molar-refractivity contribution is 6.35. The Morgan fingerprint density at radius 3 is 2.89 bits per heavy atom. The number of nitrogens with one attached hydrogen (secondary N) is 1. The minimum atomic E-state index is 0.687. The number of benzene rings is 1. The van der Waals surface area contributed by atoms with Gasteiger partial charge in [-0.25, -0.2) is 0 Å². The molecule has 0 bridgehead atoms. The van der Waals surface area contributed by atoms with E-state index in [1.807, 2.05) is 12.1 Å². The summed E-state index contributed by atoms with van der Waals surface area (Å²) in [6.45, 7) is 6.78. The molecule has 3 atom stereocenters. The number of rotatable bonds is 3. The van der Waals surface area contributed by atoms with Crippen molar-refractivity contribution in [2.75, 3.05) is 19.6 Å². The summed E-state index contributed by atoms with van der Waals surface area (Å²) in [5.41, 5.74) is 1.19. The fraction of sp³-hybridized carbons (Fsp3) is 0.600. The highest BCUT2D eigenvalue weighted by Gasteiger charge is 2.42. The molecule has 2 saturated heterocycles. The third kappa shape index (κ3) is 2.64. The van der Waals surface area contributed by atoms with E-state index in [1.165, 1.54) is 31.6 Å². The van der Waals surface area contributed by atoms with Gasteiger partial charge in [0.2, 0.25) is 0 Å². The van der Waals surface area contributed by atoms with E-state index >= 15 is 0 Å². The molecule has 0 saturated carbocycles. The van der Waals surface area contributed by atoms with Crippen molar-refractivity contribution in [3.8, 4) is 0 Å². The van der Waals surface area contributed by atoms with E-state index in [9.17, 15) is 0 Å². The first-order valence-electron chi connectivity index (χ1n) is 7.07. The van der Waals surface area contributed by atoms with Crippen molar-refractivity contribution in [3.05, 3.63) is 33.8 Å². The van der Waals surface area contributed by atoms with Gasteiger partial charge in [-0.15, -0.1) is 0 Å². The Hall–Kier alpha value is -0.280. The van der Waals surface area contributed by atoms with Crippen LogP contribution in [0.25, 0.3) is 0 Å². The predicted octanol–water partition coefficient (Wildman–Crippen LogP) is 3.42. The van der Waals surface area contributed by atoms with E-state index in [0.717, 1.165) is 23.4 Å². The van der Waals surface area contributed by atoms with Crippen LogP contribution in [-0.2, 0) is 6.54 Å². The largest absolute Gasteiger partial charge is 0.316 e. The Balaban J connectivity index is 1.76. The summed E-state index contributed by atoms with van der Waals surface area (Å²) < 4.78 is 0. The van der Waals surface area contributed by atoms with Gasteiger partial charge in [-0.3, -0.25) is 4.90 Å². The maximum atomic E-state index is 6.30. The molecule has 3 unspecified atom stereocenters. The molecular formula is C15H20Cl2N2. The molecule has 104 valence electrons. The lowest BCUT2D eigenvalue weighted by Gasteiger charge is -2.27. The third-order valence-corrected chi connectivity index (χ3v) is 5.22. The van der Waals surface area contributed by atoms with Crippen molar-refractivity contribution in [2.24, 2.45) is 11.8 Å². The summed E-state index contributed by atoms with van der Waals surface area (Å²) in [5, 5.41) is 5.02. The molecule has 1 N–H and O–H groups in total. The van der Waals surface area contributed by atoms with Crippen molar-refractivity contribution < 1.29 is 0 Å². The van der Waals surface area contributed by atoms with E-state index in [0.29, 0.717) is 11.1 Å². The molecule has 1 aromatic carbocycles. The van der Waals surface area contributed by atoms with Crippen molar-refractivity contribution in [3.63, 3.8) is 0 Å². The molecule has 3 rings (SSSR count). The van der Waals surface area contributed by atoms with Gasteiger partial charge in [0.25, 0.3) is 0 Å². The van der Waals surface area contributed by atoms with E-state index in [-0.39, 0.29) is 0 Å². The minimum absolute atomic E-state index is 0.687. The molecule has 4 heteroatoms. The zero-order valence-electron chi connectivity index (χ0n) is 11.2. The molecule has 0 amide bonds. The van der Waals surface area contributed by atoms with Crippen molar-refractivity contribution in [1.82, 2.24) is 10.2 Å². The lowest BCUT2D eigenvalue weighted by Crippen LogP contribution is -2.34. The molecule has 2 heterocycles. The Morgan fingerprint density at radius 1 is 1.32 bits per heavy atom. The van der Waals surface area contributed by atoms with E-state index in [1.54, 1.807) is 0 Å². The minimum Gasteiger partial charge on any atom is -0.316 e. The first-order chi connectivity index (χ1) is 9.19. The van der Waals surface area contributed by atoms with Gasteiger partial charge in [-0.05, 0) is 49.0 Å². The zero-order chi connectivity index (χ0) is 13.4. The Bertz CT molecular complexity index is 463. The van der Waals surface area contributed by atoms with Crippen LogP contribution in [0.3, 0.4) is 0 Å². The molecule has 0 aliphatic carbocycles. The maximum absolute atomic E-state index is 6.30. The SMILES string of the molecule is CCC1C2CNCC2CN1Cc1ccc(Cl)cc1Cl. The summed E-state index contributed by atoms with van der Waals surface area (Å²) in [4.78, 5) is 2.60. The van der Waals surface area contributed by atoms with Gasteiger partial charge in [0.05, 0.1) is 0 Å². The highest BCUT2D eigenvalue weighted by Crippen LogP contribution is 2.36. The molecule has 1 aromatic rings. The summed E-state index contributed by atoms with van der Waals surface area (Å²) >= 11 is 12.3. The number of fused-ring (bicyclic) bond motifs is 1. The maximum Gasteiger partial charge on any atom is 0.0465 e. The molecule has 19 heavy (non-hydrogen) atoms. The van der Waals surface area contributed by atoms with Crippen LogP contribution in [0, 0.1) is 11.8 Å². The molecule has 0 spiro atoms. The highest BCUT2D eigenvalue weighted by atomic mass is 35.5. The molecule has 2 aliphatic heterocycles. The van der Waals surface area contributed by atoms with Crippen LogP contribution in [0.5, 0.6) is 0 Å². The van der Waals surface area contributed by atoms with Gasteiger partial charge in [0.15, 0.2) is 0 Å². The summed E-state index contributed by atoms with van der Waals surface area (Å²) in [6.07, 6.45) is 1.22. The second-order valence-corrected chi connectivity index (χ2v) is 6.57. The average Bonchev–Trinajstić information content (AvgIpc) is 2.92. The lowest BCUT2D eigenvalue weighted by molar-refractivity contribution is 0.210. The number of nitrogens with zero attached hydrogens (tertiary/aromatic N) is 1. The molecule has 0 aromatic heterocycles. The van der Waals surface area contributed by atoms with E-state index < -0.39 is 0 Å². The Kier molecular flexibility index (Phi) is 4.04. The van der Waals surface area contributed by atoms with Gasteiger partial charge in [0.1, 0.15) is 0 Å². The van der Waals surface area contributed by atoms with Crippen LogP contribution >= 0.6 is 23.2 Å². The number of halogens is 2. The molecular weight excluding hydrogens is 279 g/mol. The Morgan fingerprint density at radius 2 is 2.16 bits per heavy atom. The average molecular weight is 299 g/mol. The van der Waals surface area contributed by atoms with Gasteiger partial charge < -0.3 is 5.32 Å². The van der Waals surface area contributed by atoms with Gasteiger partial charge in [0, 0.05) is 29.2 Å². The van der Waals surface area contributed by atoms with Crippen LogP contribution in [0.15, 0.2) is 18.2 Å². The predicted molar refractivity (Wildman–Crippen MR) is 80.8 cm³/mol.